The Morgan fingerprint density at radius 1 is 0.578 bits per heavy atom. The molecule has 0 spiro atoms. The summed E-state index contributed by atoms with van der Waals surface area (Å²) in [5, 5.41) is 5.24. The standard InChI is InChI=1S/C39H50N6/c1-3-5-7-13-26-44-36-18-11-9-16-30(36)32-20-23-41-34(38(32)44)28-43(25-15-22-40)29-35-39-33(21-24-42-35)31-17-10-12-19-37(31)45(39)27-14-8-6-4-2/h9-12,16-21,23-24H,3-8,13-15,22,25-29,40H2,1-2H3. The van der Waals surface area contributed by atoms with Crippen molar-refractivity contribution >= 4 is 43.6 Å². The number of nitrogens with two attached hydrogens (primary N) is 1. The first-order valence-corrected chi connectivity index (χ1v) is 17.4. The van der Waals surface area contributed by atoms with E-state index < -0.39 is 0 Å². The van der Waals surface area contributed by atoms with Gasteiger partial charge in [0, 0.05) is 77.7 Å². The van der Waals surface area contributed by atoms with Crippen molar-refractivity contribution in [3.8, 4) is 0 Å². The zero-order valence-corrected chi connectivity index (χ0v) is 27.3. The molecule has 0 atom stereocenters. The Morgan fingerprint density at radius 3 is 1.53 bits per heavy atom. The van der Waals surface area contributed by atoms with E-state index in [1.54, 1.807) is 0 Å². The molecule has 4 aromatic heterocycles. The summed E-state index contributed by atoms with van der Waals surface area (Å²) in [6.07, 6.45) is 14.9. The number of hydrogen-bond acceptors (Lipinski definition) is 4. The fourth-order valence-electron chi connectivity index (χ4n) is 7.19. The largest absolute Gasteiger partial charge is 0.339 e. The van der Waals surface area contributed by atoms with E-state index >= 15 is 0 Å². The van der Waals surface area contributed by atoms with Gasteiger partial charge >= 0.3 is 0 Å². The third kappa shape index (κ3) is 6.63. The summed E-state index contributed by atoms with van der Waals surface area (Å²) in [5.74, 6) is 0. The Morgan fingerprint density at radius 2 is 1.07 bits per heavy atom. The third-order valence-electron chi connectivity index (χ3n) is 9.41. The van der Waals surface area contributed by atoms with E-state index in [4.69, 9.17) is 15.7 Å². The third-order valence-corrected chi connectivity index (χ3v) is 9.41. The molecule has 6 heteroatoms. The van der Waals surface area contributed by atoms with Crippen LogP contribution in [-0.2, 0) is 26.2 Å². The number of unbranched alkanes of at least 4 members (excludes halogenated alkanes) is 6. The number of aromatic nitrogens is 4. The lowest BCUT2D eigenvalue weighted by Gasteiger charge is -2.23. The molecule has 2 N–H and O–H groups in total. The normalized spacial score (nSPS) is 12.1. The van der Waals surface area contributed by atoms with E-state index in [-0.39, 0.29) is 0 Å². The lowest BCUT2D eigenvalue weighted by Crippen LogP contribution is -2.27. The van der Waals surface area contributed by atoms with Gasteiger partial charge in [0.15, 0.2) is 0 Å². The predicted molar refractivity (Wildman–Crippen MR) is 191 cm³/mol. The van der Waals surface area contributed by atoms with E-state index in [1.165, 1.54) is 95.0 Å². The fraction of sp³-hybridized carbons (Fsp3) is 0.436. The van der Waals surface area contributed by atoms with Gasteiger partial charge < -0.3 is 14.9 Å². The molecule has 0 bridgehead atoms. The molecule has 0 aliphatic rings. The van der Waals surface area contributed by atoms with Crippen molar-refractivity contribution in [1.82, 2.24) is 24.0 Å². The van der Waals surface area contributed by atoms with Crippen molar-refractivity contribution < 1.29 is 0 Å². The van der Waals surface area contributed by atoms with E-state index in [0.29, 0.717) is 6.54 Å². The van der Waals surface area contributed by atoms with Crippen molar-refractivity contribution in [2.45, 2.75) is 97.8 Å². The first-order chi connectivity index (χ1) is 22.2. The van der Waals surface area contributed by atoms with E-state index in [0.717, 1.165) is 50.5 Å². The maximum Gasteiger partial charge on any atom is 0.0786 e. The van der Waals surface area contributed by atoms with E-state index in [1.807, 2.05) is 12.4 Å². The molecule has 0 aliphatic carbocycles. The van der Waals surface area contributed by atoms with Crippen LogP contribution in [0, 0.1) is 0 Å². The maximum atomic E-state index is 6.09. The van der Waals surface area contributed by atoms with Crippen LogP contribution in [-0.4, -0.2) is 37.1 Å². The summed E-state index contributed by atoms with van der Waals surface area (Å²) >= 11 is 0. The number of aryl methyl sites for hydroxylation is 2. The summed E-state index contributed by atoms with van der Waals surface area (Å²) < 4.78 is 5.08. The first kappa shape index (κ1) is 31.3. The smallest absolute Gasteiger partial charge is 0.0786 e. The lowest BCUT2D eigenvalue weighted by atomic mass is 10.1. The topological polar surface area (TPSA) is 64.9 Å². The number of fused-ring (bicyclic) bond motifs is 6. The summed E-state index contributed by atoms with van der Waals surface area (Å²) in [6.45, 7) is 9.69. The molecule has 0 radical (unpaired) electrons. The molecule has 0 saturated carbocycles. The van der Waals surface area contributed by atoms with Crippen LogP contribution in [0.1, 0.15) is 83.0 Å². The number of benzene rings is 2. The molecule has 236 valence electrons. The molecule has 0 amide bonds. The summed E-state index contributed by atoms with van der Waals surface area (Å²) in [5.41, 5.74) is 13.6. The van der Waals surface area contributed by atoms with Gasteiger partial charge in [-0.05, 0) is 50.1 Å². The van der Waals surface area contributed by atoms with Crippen molar-refractivity contribution in [1.29, 1.82) is 0 Å². The fourth-order valence-corrected chi connectivity index (χ4v) is 7.19. The van der Waals surface area contributed by atoms with E-state index in [9.17, 15) is 0 Å². The van der Waals surface area contributed by atoms with Gasteiger partial charge in [-0.15, -0.1) is 0 Å². The van der Waals surface area contributed by atoms with Crippen LogP contribution in [0.3, 0.4) is 0 Å². The van der Waals surface area contributed by atoms with Crippen LogP contribution in [0.5, 0.6) is 0 Å². The van der Waals surface area contributed by atoms with Gasteiger partial charge in [-0.1, -0.05) is 88.8 Å². The van der Waals surface area contributed by atoms with Crippen LogP contribution < -0.4 is 5.73 Å². The van der Waals surface area contributed by atoms with Gasteiger partial charge in [-0.25, -0.2) is 0 Å². The summed E-state index contributed by atoms with van der Waals surface area (Å²) in [7, 11) is 0. The molecule has 2 aromatic carbocycles. The highest BCUT2D eigenvalue weighted by atomic mass is 15.1. The molecule has 0 aliphatic heterocycles. The average Bonchev–Trinajstić information content (AvgIpc) is 3.58. The van der Waals surface area contributed by atoms with Crippen molar-refractivity contribution in [2.75, 3.05) is 13.1 Å². The van der Waals surface area contributed by atoms with Gasteiger partial charge in [0.1, 0.15) is 0 Å². The number of hydrogen-bond donors (Lipinski definition) is 1. The van der Waals surface area contributed by atoms with Crippen molar-refractivity contribution in [3.05, 3.63) is 84.4 Å². The second-order valence-electron chi connectivity index (χ2n) is 12.6. The molecule has 0 saturated heterocycles. The SMILES string of the molecule is CCCCCCn1c2ccccc2c2ccnc(CN(CCCN)Cc3nccc4c5ccccc5n(CCCCCC)c34)c21. The van der Waals surface area contributed by atoms with Crippen LogP contribution in [0.4, 0.5) is 0 Å². The van der Waals surface area contributed by atoms with Gasteiger partial charge in [-0.2, -0.15) is 0 Å². The molecule has 6 nitrogen and oxygen atoms in total. The quantitative estimate of drug-likeness (QED) is 0.106. The Balaban J connectivity index is 1.39. The van der Waals surface area contributed by atoms with E-state index in [2.05, 4.69) is 88.5 Å². The molecule has 4 heterocycles. The van der Waals surface area contributed by atoms with Gasteiger partial charge in [0.2, 0.25) is 0 Å². The highest BCUT2D eigenvalue weighted by Crippen LogP contribution is 2.34. The molecule has 45 heavy (non-hydrogen) atoms. The highest BCUT2D eigenvalue weighted by molar-refractivity contribution is 6.09. The monoisotopic (exact) mass is 602 g/mol. The van der Waals surface area contributed by atoms with Crippen molar-refractivity contribution in [3.63, 3.8) is 0 Å². The Bertz CT molecular complexity index is 1720. The zero-order valence-electron chi connectivity index (χ0n) is 27.3. The minimum absolute atomic E-state index is 0.668. The molecule has 0 fully saturated rings. The predicted octanol–water partition coefficient (Wildman–Crippen LogP) is 9.20. The number of rotatable bonds is 17. The summed E-state index contributed by atoms with van der Waals surface area (Å²) in [4.78, 5) is 12.6. The average molecular weight is 603 g/mol. The number of para-hydroxylation sites is 2. The minimum Gasteiger partial charge on any atom is -0.339 e. The molecular weight excluding hydrogens is 552 g/mol. The number of nitrogens with zero attached hydrogens (tertiary/aromatic N) is 5. The van der Waals surface area contributed by atoms with Crippen LogP contribution in [0.25, 0.3) is 43.6 Å². The van der Waals surface area contributed by atoms with Gasteiger partial charge in [0.05, 0.1) is 22.4 Å². The molecule has 6 rings (SSSR count). The van der Waals surface area contributed by atoms with Crippen LogP contribution >= 0.6 is 0 Å². The lowest BCUT2D eigenvalue weighted by molar-refractivity contribution is 0.250. The second kappa shape index (κ2) is 15.0. The Hall–Kier alpha value is -3.74. The van der Waals surface area contributed by atoms with Crippen molar-refractivity contribution in [2.24, 2.45) is 5.73 Å². The Labute approximate surface area is 268 Å². The van der Waals surface area contributed by atoms with Crippen LogP contribution in [0.15, 0.2) is 73.1 Å². The minimum atomic E-state index is 0.668. The molecule has 6 aromatic rings. The second-order valence-corrected chi connectivity index (χ2v) is 12.6. The Kier molecular flexibility index (Phi) is 10.4. The first-order valence-electron chi connectivity index (χ1n) is 17.4. The maximum absolute atomic E-state index is 6.09. The number of pyridine rings is 2. The molecule has 0 unspecified atom stereocenters. The highest BCUT2D eigenvalue weighted by Gasteiger charge is 2.20. The van der Waals surface area contributed by atoms with Crippen LogP contribution in [0.2, 0.25) is 0 Å². The molecular formula is C39H50N6. The van der Waals surface area contributed by atoms with Gasteiger partial charge in [-0.3, -0.25) is 14.9 Å². The van der Waals surface area contributed by atoms with Gasteiger partial charge in [0.25, 0.3) is 0 Å². The zero-order chi connectivity index (χ0) is 31.0. The summed E-state index contributed by atoms with van der Waals surface area (Å²) in [6, 6.07) is 22.1.